The van der Waals surface area contributed by atoms with Gasteiger partial charge < -0.3 is 15.8 Å². The zero-order valence-corrected chi connectivity index (χ0v) is 18.2. The molecule has 2 aromatic heterocycles. The van der Waals surface area contributed by atoms with Crippen LogP contribution in [0, 0.1) is 0 Å². The van der Waals surface area contributed by atoms with E-state index in [0.717, 1.165) is 28.5 Å². The van der Waals surface area contributed by atoms with Crippen LogP contribution in [0.25, 0.3) is 10.8 Å². The van der Waals surface area contributed by atoms with Crippen molar-refractivity contribution in [2.45, 2.75) is 51.7 Å². The average molecular weight is 425 g/mol. The minimum Gasteiger partial charge on any atom is -0.455 e. The molecule has 6 nitrogen and oxygen atoms in total. The van der Waals surface area contributed by atoms with E-state index in [-0.39, 0.29) is 17.9 Å². The first-order valence-corrected chi connectivity index (χ1v) is 10.4. The summed E-state index contributed by atoms with van der Waals surface area (Å²) in [4.78, 5) is 21.5. The van der Waals surface area contributed by atoms with Crippen LogP contribution >= 0.6 is 11.6 Å². The van der Waals surface area contributed by atoms with E-state index in [2.05, 4.69) is 17.2 Å². The number of rotatable bonds is 4. The fourth-order valence-electron chi connectivity index (χ4n) is 3.73. The van der Waals surface area contributed by atoms with Gasteiger partial charge in [-0.3, -0.25) is 0 Å². The summed E-state index contributed by atoms with van der Waals surface area (Å²) < 4.78 is 5.54. The standard InChI is InChI=1S/C23H25ClN4O2/c1-5-18(25)13-6-8-17(24)16-11-26-20(10-15(13)16)27-19-9-7-14-21(28-19)12(2)23(3,4)30-22(14)29/h6-12,18H,5,25H2,1-4H3,(H,26,27,28)/t12-,18+/m1/s1. The van der Waals surface area contributed by atoms with E-state index in [9.17, 15) is 4.79 Å². The predicted molar refractivity (Wildman–Crippen MR) is 119 cm³/mol. The maximum absolute atomic E-state index is 12.3. The van der Waals surface area contributed by atoms with E-state index in [0.29, 0.717) is 22.2 Å². The second-order valence-electron chi connectivity index (χ2n) is 8.24. The van der Waals surface area contributed by atoms with Crippen LogP contribution in [0.15, 0.2) is 36.5 Å². The summed E-state index contributed by atoms with van der Waals surface area (Å²) in [6.45, 7) is 7.85. The van der Waals surface area contributed by atoms with Crippen molar-refractivity contribution in [2.75, 3.05) is 5.32 Å². The van der Waals surface area contributed by atoms with E-state index >= 15 is 0 Å². The summed E-state index contributed by atoms with van der Waals surface area (Å²) in [5, 5.41) is 5.72. The molecule has 1 aromatic carbocycles. The van der Waals surface area contributed by atoms with Gasteiger partial charge in [-0.25, -0.2) is 14.8 Å². The Labute approximate surface area is 180 Å². The molecule has 156 valence electrons. The number of fused-ring (bicyclic) bond motifs is 2. The third-order valence-corrected chi connectivity index (χ3v) is 6.26. The topological polar surface area (TPSA) is 90.1 Å². The molecule has 0 fully saturated rings. The molecule has 7 heteroatoms. The Balaban J connectivity index is 1.73. The van der Waals surface area contributed by atoms with Crippen LogP contribution in [-0.4, -0.2) is 21.5 Å². The van der Waals surface area contributed by atoms with Crippen LogP contribution in [0.1, 0.15) is 67.7 Å². The smallest absolute Gasteiger partial charge is 0.340 e. The van der Waals surface area contributed by atoms with Gasteiger partial charge in [0.05, 0.1) is 11.3 Å². The normalized spacial score (nSPS) is 18.6. The predicted octanol–water partition coefficient (Wildman–Crippen LogP) is 5.49. The maximum Gasteiger partial charge on any atom is 0.340 e. The Bertz CT molecular complexity index is 1150. The monoisotopic (exact) mass is 424 g/mol. The summed E-state index contributed by atoms with van der Waals surface area (Å²) in [5.41, 5.74) is 7.94. The highest BCUT2D eigenvalue weighted by Gasteiger charge is 2.40. The number of benzene rings is 1. The van der Waals surface area contributed by atoms with E-state index in [1.165, 1.54) is 0 Å². The minimum absolute atomic E-state index is 0.0375. The fourth-order valence-corrected chi connectivity index (χ4v) is 3.94. The fraction of sp³-hybridized carbons (Fsp3) is 0.348. The summed E-state index contributed by atoms with van der Waals surface area (Å²) in [5.74, 6) is 0.863. The molecular weight excluding hydrogens is 400 g/mol. The number of anilines is 2. The molecule has 0 spiro atoms. The number of nitrogens with zero attached hydrogens (tertiary/aromatic N) is 2. The number of aromatic nitrogens is 2. The summed E-state index contributed by atoms with van der Waals surface area (Å²) in [6.07, 6.45) is 2.56. The Kier molecular flexibility index (Phi) is 5.16. The van der Waals surface area contributed by atoms with Crippen molar-refractivity contribution in [3.63, 3.8) is 0 Å². The van der Waals surface area contributed by atoms with E-state index in [1.54, 1.807) is 18.3 Å². The van der Waals surface area contributed by atoms with Gasteiger partial charge in [-0.05, 0) is 55.5 Å². The van der Waals surface area contributed by atoms with Crippen molar-refractivity contribution in [3.8, 4) is 0 Å². The second-order valence-corrected chi connectivity index (χ2v) is 8.64. The van der Waals surface area contributed by atoms with Crippen molar-refractivity contribution in [3.05, 3.63) is 58.4 Å². The van der Waals surface area contributed by atoms with E-state index in [4.69, 9.17) is 27.1 Å². The van der Waals surface area contributed by atoms with Gasteiger partial charge in [-0.2, -0.15) is 0 Å². The quantitative estimate of drug-likeness (QED) is 0.538. The molecule has 2 atom stereocenters. The Morgan fingerprint density at radius 3 is 2.73 bits per heavy atom. The number of nitrogens with two attached hydrogens (primary N) is 1. The number of cyclic esters (lactones) is 1. The second kappa shape index (κ2) is 7.52. The Morgan fingerprint density at radius 2 is 2.00 bits per heavy atom. The molecule has 0 amide bonds. The molecule has 1 aliphatic rings. The zero-order chi connectivity index (χ0) is 21.6. The minimum atomic E-state index is -0.612. The lowest BCUT2D eigenvalue weighted by atomic mass is 9.84. The van der Waals surface area contributed by atoms with Crippen molar-refractivity contribution in [2.24, 2.45) is 5.73 Å². The van der Waals surface area contributed by atoms with Crippen LogP contribution in [-0.2, 0) is 4.74 Å². The molecule has 3 heterocycles. The Morgan fingerprint density at radius 1 is 1.23 bits per heavy atom. The SMILES string of the molecule is CC[C@H](N)c1ccc(Cl)c2cnc(Nc3ccc4c(n3)[C@@H](C)C(C)(C)OC4=O)cc12. The van der Waals surface area contributed by atoms with E-state index < -0.39 is 5.60 Å². The molecule has 3 N–H and O–H groups in total. The summed E-state index contributed by atoms with van der Waals surface area (Å²) in [7, 11) is 0. The van der Waals surface area contributed by atoms with Crippen LogP contribution in [0.4, 0.5) is 11.6 Å². The molecule has 0 saturated carbocycles. The lowest BCUT2D eigenvalue weighted by Gasteiger charge is -2.36. The number of pyridine rings is 2. The van der Waals surface area contributed by atoms with Gasteiger partial charge in [0.15, 0.2) is 0 Å². The molecule has 4 rings (SSSR count). The van der Waals surface area contributed by atoms with Crippen molar-refractivity contribution >= 4 is 40.0 Å². The number of esters is 1. The molecule has 0 radical (unpaired) electrons. The highest BCUT2D eigenvalue weighted by Crippen LogP contribution is 2.38. The van der Waals surface area contributed by atoms with Crippen molar-refractivity contribution in [1.82, 2.24) is 9.97 Å². The Hall–Kier alpha value is -2.70. The first-order chi connectivity index (χ1) is 14.2. The molecule has 3 aromatic rings. The van der Waals surface area contributed by atoms with Crippen LogP contribution in [0.5, 0.6) is 0 Å². The molecule has 0 unspecified atom stereocenters. The zero-order valence-electron chi connectivity index (χ0n) is 17.5. The number of nitrogens with one attached hydrogen (secondary N) is 1. The average Bonchev–Trinajstić information content (AvgIpc) is 2.71. The third kappa shape index (κ3) is 3.50. The van der Waals surface area contributed by atoms with Gasteiger partial charge in [-0.15, -0.1) is 0 Å². The van der Waals surface area contributed by atoms with Crippen molar-refractivity contribution in [1.29, 1.82) is 0 Å². The number of halogens is 1. The van der Waals surface area contributed by atoms with Gasteiger partial charge in [0.2, 0.25) is 0 Å². The summed E-state index contributed by atoms with van der Waals surface area (Å²) in [6, 6.07) is 9.18. The highest BCUT2D eigenvalue weighted by atomic mass is 35.5. The molecule has 30 heavy (non-hydrogen) atoms. The van der Waals surface area contributed by atoms with Crippen LogP contribution < -0.4 is 11.1 Å². The largest absolute Gasteiger partial charge is 0.455 e. The van der Waals surface area contributed by atoms with Gasteiger partial charge in [0.25, 0.3) is 0 Å². The number of hydrogen-bond acceptors (Lipinski definition) is 6. The lowest BCUT2D eigenvalue weighted by molar-refractivity contribution is -0.0189. The van der Waals surface area contributed by atoms with Crippen molar-refractivity contribution < 1.29 is 9.53 Å². The molecule has 0 saturated heterocycles. The number of carbonyl (C=O) groups excluding carboxylic acids is 1. The highest BCUT2D eigenvalue weighted by molar-refractivity contribution is 6.35. The van der Waals surface area contributed by atoms with Crippen LogP contribution in [0.2, 0.25) is 5.02 Å². The lowest BCUT2D eigenvalue weighted by Crippen LogP contribution is -2.39. The molecule has 0 aliphatic carbocycles. The number of ether oxygens (including phenoxy) is 1. The van der Waals surface area contributed by atoms with Gasteiger partial charge >= 0.3 is 5.97 Å². The van der Waals surface area contributed by atoms with Gasteiger partial charge in [0.1, 0.15) is 17.2 Å². The van der Waals surface area contributed by atoms with Gasteiger partial charge in [-0.1, -0.05) is 31.5 Å². The van der Waals surface area contributed by atoms with E-state index in [1.807, 2.05) is 39.0 Å². The number of hydrogen-bond donors (Lipinski definition) is 2. The number of carbonyl (C=O) groups is 1. The van der Waals surface area contributed by atoms with Gasteiger partial charge in [0, 0.05) is 28.6 Å². The van der Waals surface area contributed by atoms with Crippen LogP contribution in [0.3, 0.4) is 0 Å². The third-order valence-electron chi connectivity index (χ3n) is 5.93. The summed E-state index contributed by atoms with van der Waals surface area (Å²) >= 11 is 6.37. The maximum atomic E-state index is 12.3. The first kappa shape index (κ1) is 20.6. The first-order valence-electron chi connectivity index (χ1n) is 10.1. The molecular formula is C23H25ClN4O2. The molecule has 1 aliphatic heterocycles. The molecule has 0 bridgehead atoms.